The van der Waals surface area contributed by atoms with Crippen LogP contribution in [0, 0.1) is 0 Å². The summed E-state index contributed by atoms with van der Waals surface area (Å²) < 4.78 is 1.89. The van der Waals surface area contributed by atoms with E-state index in [4.69, 9.17) is 0 Å². The topological polar surface area (TPSA) is 46.9 Å². The Morgan fingerprint density at radius 1 is 1.43 bits per heavy atom. The smallest absolute Gasteiger partial charge is 0.269 e. The van der Waals surface area contributed by atoms with Gasteiger partial charge >= 0.3 is 0 Å². The van der Waals surface area contributed by atoms with Crippen molar-refractivity contribution < 1.29 is 4.79 Å². The molecule has 4 heteroatoms. The van der Waals surface area contributed by atoms with E-state index < -0.39 is 0 Å². The number of rotatable bonds is 1. The van der Waals surface area contributed by atoms with Crippen LogP contribution >= 0.6 is 0 Å². The maximum atomic E-state index is 11.3. The van der Waals surface area contributed by atoms with Gasteiger partial charge in [-0.2, -0.15) is 0 Å². The van der Waals surface area contributed by atoms with Crippen molar-refractivity contribution in [2.45, 2.75) is 0 Å². The molecule has 0 unspecified atom stereocenters. The van der Waals surface area contributed by atoms with Crippen LogP contribution in [-0.4, -0.2) is 22.5 Å². The fraction of sp³-hybridized carbons (Fsp3) is 0.200. The van der Waals surface area contributed by atoms with Crippen LogP contribution in [0.15, 0.2) is 24.4 Å². The van der Waals surface area contributed by atoms with Gasteiger partial charge in [0.2, 0.25) is 0 Å². The van der Waals surface area contributed by atoms with Crippen LogP contribution in [0.4, 0.5) is 0 Å². The lowest BCUT2D eigenvalue weighted by Crippen LogP contribution is -2.19. The van der Waals surface area contributed by atoms with Gasteiger partial charge in [-0.25, -0.2) is 4.98 Å². The number of aryl methyl sites for hydroxylation is 1. The van der Waals surface area contributed by atoms with E-state index >= 15 is 0 Å². The Balaban J connectivity index is 2.60. The lowest BCUT2D eigenvalue weighted by Gasteiger charge is -2.00. The van der Waals surface area contributed by atoms with Crippen molar-refractivity contribution in [2.24, 2.45) is 7.05 Å². The van der Waals surface area contributed by atoms with Crippen molar-refractivity contribution >= 4 is 16.9 Å². The van der Waals surface area contributed by atoms with Crippen LogP contribution in [-0.2, 0) is 7.05 Å². The maximum Gasteiger partial charge on any atom is 0.269 e. The summed E-state index contributed by atoms with van der Waals surface area (Å²) >= 11 is 0. The largest absolute Gasteiger partial charge is 0.354 e. The molecule has 0 radical (unpaired) electrons. The van der Waals surface area contributed by atoms with Crippen molar-refractivity contribution in [3.05, 3.63) is 30.1 Å². The Bertz CT molecular complexity index is 487. The maximum absolute atomic E-state index is 11.3. The van der Waals surface area contributed by atoms with E-state index in [-0.39, 0.29) is 5.91 Å². The first-order chi connectivity index (χ1) is 6.72. The zero-order chi connectivity index (χ0) is 10.1. The number of aromatic nitrogens is 2. The van der Waals surface area contributed by atoms with Crippen LogP contribution in [0.5, 0.6) is 0 Å². The number of fused-ring (bicyclic) bond motifs is 1. The van der Waals surface area contributed by atoms with Gasteiger partial charge in [-0.3, -0.25) is 4.79 Å². The number of amides is 1. The summed E-state index contributed by atoms with van der Waals surface area (Å²) in [4.78, 5) is 15.6. The van der Waals surface area contributed by atoms with E-state index in [0.29, 0.717) is 5.69 Å². The molecule has 2 rings (SSSR count). The van der Waals surface area contributed by atoms with Crippen LogP contribution in [0.2, 0.25) is 0 Å². The summed E-state index contributed by atoms with van der Waals surface area (Å²) in [5.74, 6) is -0.159. The molecule has 1 amide bonds. The van der Waals surface area contributed by atoms with E-state index in [9.17, 15) is 4.79 Å². The van der Waals surface area contributed by atoms with E-state index in [1.165, 1.54) is 0 Å². The Kier molecular flexibility index (Phi) is 1.96. The Morgan fingerprint density at radius 3 is 2.93 bits per heavy atom. The third kappa shape index (κ3) is 1.25. The molecule has 0 spiro atoms. The first kappa shape index (κ1) is 8.74. The van der Waals surface area contributed by atoms with Crippen LogP contribution in [0.3, 0.4) is 0 Å². The van der Waals surface area contributed by atoms with Gasteiger partial charge in [-0.1, -0.05) is 0 Å². The molecule has 0 aliphatic heterocycles. The van der Waals surface area contributed by atoms with E-state index in [1.54, 1.807) is 13.1 Å². The second-order valence-electron chi connectivity index (χ2n) is 3.12. The molecule has 0 aromatic carbocycles. The van der Waals surface area contributed by atoms with Gasteiger partial charge in [-0.05, 0) is 18.2 Å². The number of nitrogens with one attached hydrogen (secondary N) is 1. The highest BCUT2D eigenvalue weighted by atomic mass is 16.1. The summed E-state index contributed by atoms with van der Waals surface area (Å²) in [6.45, 7) is 0. The molecule has 2 aromatic rings. The molecule has 72 valence electrons. The fourth-order valence-electron chi connectivity index (χ4n) is 1.39. The van der Waals surface area contributed by atoms with Crippen LogP contribution < -0.4 is 5.32 Å². The zero-order valence-electron chi connectivity index (χ0n) is 8.11. The van der Waals surface area contributed by atoms with Gasteiger partial charge in [0, 0.05) is 25.7 Å². The quantitative estimate of drug-likeness (QED) is 0.725. The molecule has 0 aliphatic rings. The monoisotopic (exact) mass is 189 g/mol. The summed E-state index contributed by atoms with van der Waals surface area (Å²) in [6.07, 6.45) is 1.92. The van der Waals surface area contributed by atoms with Crippen molar-refractivity contribution in [3.8, 4) is 0 Å². The SMILES string of the molecule is CNC(=O)c1ccc2ccn(C)c2n1. The molecule has 4 nitrogen and oxygen atoms in total. The van der Waals surface area contributed by atoms with E-state index in [0.717, 1.165) is 11.0 Å². The minimum Gasteiger partial charge on any atom is -0.354 e. The predicted octanol–water partition coefficient (Wildman–Crippen LogP) is 0.933. The second-order valence-corrected chi connectivity index (χ2v) is 3.12. The first-order valence-electron chi connectivity index (χ1n) is 4.36. The first-order valence-corrected chi connectivity index (χ1v) is 4.36. The van der Waals surface area contributed by atoms with Gasteiger partial charge in [0.1, 0.15) is 11.3 Å². The van der Waals surface area contributed by atoms with Crippen molar-refractivity contribution in [2.75, 3.05) is 7.05 Å². The highest BCUT2D eigenvalue weighted by Gasteiger charge is 2.06. The van der Waals surface area contributed by atoms with Gasteiger partial charge in [0.05, 0.1) is 0 Å². The molecule has 0 saturated heterocycles. The molecule has 2 aromatic heterocycles. The molecule has 0 atom stereocenters. The predicted molar refractivity (Wildman–Crippen MR) is 54.1 cm³/mol. The molecule has 0 bridgehead atoms. The third-order valence-corrected chi connectivity index (χ3v) is 2.18. The highest BCUT2D eigenvalue weighted by Crippen LogP contribution is 2.12. The number of carbonyl (C=O) groups excluding carboxylic acids is 1. The number of nitrogens with zero attached hydrogens (tertiary/aromatic N) is 2. The Morgan fingerprint density at radius 2 is 2.21 bits per heavy atom. The molecule has 14 heavy (non-hydrogen) atoms. The summed E-state index contributed by atoms with van der Waals surface area (Å²) in [7, 11) is 3.50. The fourth-order valence-corrected chi connectivity index (χ4v) is 1.39. The summed E-state index contributed by atoms with van der Waals surface area (Å²) in [5, 5.41) is 3.59. The van der Waals surface area contributed by atoms with Crippen molar-refractivity contribution in [3.63, 3.8) is 0 Å². The average Bonchev–Trinajstić information content (AvgIpc) is 2.59. The number of pyridine rings is 1. The Labute approximate surface area is 81.6 Å². The molecule has 2 heterocycles. The van der Waals surface area contributed by atoms with Gasteiger partial charge in [-0.15, -0.1) is 0 Å². The number of hydrogen-bond donors (Lipinski definition) is 1. The average molecular weight is 189 g/mol. The van der Waals surface area contributed by atoms with E-state index in [1.807, 2.05) is 29.9 Å². The lowest BCUT2D eigenvalue weighted by molar-refractivity contribution is 0.0958. The standard InChI is InChI=1S/C10H11N3O/c1-11-10(14)8-4-3-7-5-6-13(2)9(7)12-8/h3-6H,1-2H3,(H,11,14). The minimum absolute atomic E-state index is 0.159. The lowest BCUT2D eigenvalue weighted by atomic mass is 10.3. The number of hydrogen-bond acceptors (Lipinski definition) is 2. The molecular formula is C10H11N3O. The van der Waals surface area contributed by atoms with Gasteiger partial charge in [0.15, 0.2) is 0 Å². The second kappa shape index (κ2) is 3.14. The summed E-state index contributed by atoms with van der Waals surface area (Å²) in [5.41, 5.74) is 1.27. The third-order valence-electron chi connectivity index (χ3n) is 2.18. The Hall–Kier alpha value is -1.84. The van der Waals surface area contributed by atoms with Crippen molar-refractivity contribution in [1.82, 2.24) is 14.9 Å². The van der Waals surface area contributed by atoms with E-state index in [2.05, 4.69) is 10.3 Å². The zero-order valence-corrected chi connectivity index (χ0v) is 8.11. The van der Waals surface area contributed by atoms with Crippen LogP contribution in [0.1, 0.15) is 10.5 Å². The molecule has 1 N–H and O–H groups in total. The highest BCUT2D eigenvalue weighted by molar-refractivity contribution is 5.94. The molecular weight excluding hydrogens is 178 g/mol. The van der Waals surface area contributed by atoms with Crippen molar-refractivity contribution in [1.29, 1.82) is 0 Å². The van der Waals surface area contributed by atoms with Gasteiger partial charge in [0.25, 0.3) is 5.91 Å². The van der Waals surface area contributed by atoms with Gasteiger partial charge < -0.3 is 9.88 Å². The van der Waals surface area contributed by atoms with Crippen LogP contribution in [0.25, 0.3) is 11.0 Å². The molecule has 0 saturated carbocycles. The molecule has 0 fully saturated rings. The summed E-state index contributed by atoms with van der Waals surface area (Å²) in [6, 6.07) is 5.59. The minimum atomic E-state index is -0.159. The molecule has 0 aliphatic carbocycles. The number of carbonyl (C=O) groups is 1. The normalized spacial score (nSPS) is 10.4.